The van der Waals surface area contributed by atoms with Gasteiger partial charge >= 0.3 is 11.9 Å². The number of esters is 2. The van der Waals surface area contributed by atoms with Gasteiger partial charge in [-0.3, -0.25) is 14.1 Å². The second kappa shape index (κ2) is 13.1. The van der Waals surface area contributed by atoms with Gasteiger partial charge in [0.2, 0.25) is 4.75 Å². The van der Waals surface area contributed by atoms with Gasteiger partial charge in [0.15, 0.2) is 0 Å². The molecule has 0 aromatic heterocycles. The Morgan fingerprint density at radius 1 is 0.846 bits per heavy atom. The first-order valence-corrected chi connectivity index (χ1v) is 11.0. The molecule has 0 spiro atoms. The molecule has 0 saturated heterocycles. The number of rotatable bonds is 15. The van der Waals surface area contributed by atoms with Crippen LogP contribution in [0.3, 0.4) is 0 Å². The molecule has 0 aromatic carbocycles. The van der Waals surface area contributed by atoms with Gasteiger partial charge in [-0.15, -0.1) is 0 Å². The molecule has 8 heteroatoms. The number of unbranched alkanes of at least 4 members (excludes halogenated alkanes) is 6. The van der Waals surface area contributed by atoms with E-state index < -0.39 is 33.2 Å². The number of hydrogen-bond acceptors (Lipinski definition) is 6. The Morgan fingerprint density at radius 3 is 1.77 bits per heavy atom. The van der Waals surface area contributed by atoms with Crippen molar-refractivity contribution < 1.29 is 32.0 Å². The third-order valence-corrected chi connectivity index (χ3v) is 5.95. The average Bonchev–Trinajstić information content (AvgIpc) is 2.58. The number of carbonyl (C=O) groups is 2. The van der Waals surface area contributed by atoms with Crippen LogP contribution in [0.4, 0.5) is 0 Å². The molecule has 0 rings (SSSR count). The zero-order valence-corrected chi connectivity index (χ0v) is 17.1. The molecule has 0 saturated carbocycles. The molecule has 0 heterocycles. The number of hydrogen-bond donors (Lipinski definition) is 1. The van der Waals surface area contributed by atoms with Crippen LogP contribution in [0.5, 0.6) is 0 Å². The van der Waals surface area contributed by atoms with Crippen molar-refractivity contribution >= 4 is 22.1 Å². The zero-order valence-electron chi connectivity index (χ0n) is 16.3. The molecule has 0 amide bonds. The predicted molar refractivity (Wildman–Crippen MR) is 99.4 cm³/mol. The maximum Gasteiger partial charge on any atom is 0.330 e. The van der Waals surface area contributed by atoms with Crippen LogP contribution in [0.15, 0.2) is 0 Å². The zero-order chi connectivity index (χ0) is 20.1. The van der Waals surface area contributed by atoms with Gasteiger partial charge in [0.1, 0.15) is 0 Å². The first kappa shape index (κ1) is 24.8. The SMILES string of the molecule is CCCCCCOC(=O)CC(CC)(C(=O)OCCCCCC)S(=O)(=O)O. The standard InChI is InChI=1S/C18H34O7S/c1-4-7-9-11-13-24-16(19)15-18(6-3,26(21,22)23)17(20)25-14-12-10-8-5-2/h4-15H2,1-3H3,(H,21,22,23). The van der Waals surface area contributed by atoms with Crippen LogP contribution in [-0.2, 0) is 29.2 Å². The van der Waals surface area contributed by atoms with Crippen molar-refractivity contribution in [3.8, 4) is 0 Å². The van der Waals surface area contributed by atoms with E-state index in [1.54, 1.807) is 0 Å². The third kappa shape index (κ3) is 8.49. The summed E-state index contributed by atoms with van der Waals surface area (Å²) >= 11 is 0. The highest BCUT2D eigenvalue weighted by Crippen LogP contribution is 2.28. The topological polar surface area (TPSA) is 107 Å². The summed E-state index contributed by atoms with van der Waals surface area (Å²) in [4.78, 5) is 24.4. The van der Waals surface area contributed by atoms with E-state index in [9.17, 15) is 22.6 Å². The molecule has 0 aliphatic rings. The minimum absolute atomic E-state index is 0.0577. The Balaban J connectivity index is 4.82. The molecule has 0 aliphatic carbocycles. The molecule has 26 heavy (non-hydrogen) atoms. The normalized spacial score (nSPS) is 13.8. The minimum atomic E-state index is -4.83. The monoisotopic (exact) mass is 394 g/mol. The minimum Gasteiger partial charge on any atom is -0.466 e. The van der Waals surface area contributed by atoms with Crippen molar-refractivity contribution in [2.45, 2.75) is 89.7 Å². The molecule has 1 unspecified atom stereocenters. The molecule has 0 bridgehead atoms. The van der Waals surface area contributed by atoms with Gasteiger partial charge in [-0.2, -0.15) is 8.42 Å². The molecular formula is C18H34O7S. The van der Waals surface area contributed by atoms with Gasteiger partial charge in [0.25, 0.3) is 10.1 Å². The van der Waals surface area contributed by atoms with Crippen LogP contribution in [-0.4, -0.2) is 42.9 Å². The lowest BCUT2D eigenvalue weighted by atomic mass is 10.0. The highest BCUT2D eigenvalue weighted by molar-refractivity contribution is 7.88. The van der Waals surface area contributed by atoms with Crippen molar-refractivity contribution in [2.75, 3.05) is 13.2 Å². The van der Waals surface area contributed by atoms with E-state index in [4.69, 9.17) is 9.47 Å². The number of carbonyl (C=O) groups excluding carboxylic acids is 2. The van der Waals surface area contributed by atoms with Gasteiger partial charge in [-0.05, 0) is 19.3 Å². The van der Waals surface area contributed by atoms with Crippen LogP contribution >= 0.6 is 0 Å². The van der Waals surface area contributed by atoms with Gasteiger partial charge < -0.3 is 9.47 Å². The van der Waals surface area contributed by atoms with Gasteiger partial charge in [0.05, 0.1) is 19.6 Å². The molecule has 1 atom stereocenters. The van der Waals surface area contributed by atoms with Gasteiger partial charge in [-0.1, -0.05) is 59.3 Å². The maximum absolute atomic E-state index is 12.4. The van der Waals surface area contributed by atoms with Gasteiger partial charge in [0, 0.05) is 0 Å². The van der Waals surface area contributed by atoms with E-state index in [2.05, 4.69) is 6.92 Å². The third-order valence-electron chi connectivity index (χ3n) is 4.36. The summed E-state index contributed by atoms with van der Waals surface area (Å²) in [6.45, 7) is 5.74. The second-order valence-corrected chi connectivity index (χ2v) is 8.21. The fraction of sp³-hybridized carbons (Fsp3) is 0.889. The Kier molecular flexibility index (Phi) is 12.5. The fourth-order valence-electron chi connectivity index (χ4n) is 2.54. The predicted octanol–water partition coefficient (Wildman–Crippen LogP) is 3.66. The molecule has 1 N–H and O–H groups in total. The smallest absolute Gasteiger partial charge is 0.330 e. The summed E-state index contributed by atoms with van der Waals surface area (Å²) in [7, 11) is -4.83. The van der Waals surface area contributed by atoms with Gasteiger partial charge in [-0.25, -0.2) is 0 Å². The highest BCUT2D eigenvalue weighted by Gasteiger charge is 2.52. The Bertz CT molecular complexity index is 516. The molecule has 0 fully saturated rings. The maximum atomic E-state index is 12.4. The van der Waals surface area contributed by atoms with Crippen molar-refractivity contribution in [1.29, 1.82) is 0 Å². The van der Waals surface area contributed by atoms with Crippen LogP contribution < -0.4 is 0 Å². The largest absolute Gasteiger partial charge is 0.466 e. The first-order chi connectivity index (χ1) is 12.2. The number of ether oxygens (including phenoxy) is 2. The quantitative estimate of drug-likeness (QED) is 0.256. The van der Waals surface area contributed by atoms with E-state index in [0.717, 1.165) is 38.5 Å². The van der Waals surface area contributed by atoms with E-state index in [0.29, 0.717) is 12.8 Å². The van der Waals surface area contributed by atoms with Crippen molar-refractivity contribution in [1.82, 2.24) is 0 Å². The lowest BCUT2D eigenvalue weighted by Crippen LogP contribution is -2.49. The van der Waals surface area contributed by atoms with E-state index in [1.807, 2.05) is 6.92 Å². The Labute approximate surface area is 157 Å². The summed E-state index contributed by atoms with van der Waals surface area (Å²) < 4.78 is 41.1. The summed E-state index contributed by atoms with van der Waals surface area (Å²) in [5.74, 6) is -1.93. The van der Waals surface area contributed by atoms with E-state index in [1.165, 1.54) is 6.92 Å². The second-order valence-electron chi connectivity index (χ2n) is 6.48. The molecule has 0 radical (unpaired) electrons. The molecular weight excluding hydrogens is 360 g/mol. The fourth-order valence-corrected chi connectivity index (χ4v) is 3.48. The Hall–Kier alpha value is -1.15. The molecule has 0 aromatic rings. The van der Waals surface area contributed by atoms with E-state index >= 15 is 0 Å². The van der Waals surface area contributed by atoms with E-state index in [-0.39, 0.29) is 19.6 Å². The van der Waals surface area contributed by atoms with Crippen LogP contribution in [0.1, 0.15) is 85.0 Å². The summed E-state index contributed by atoms with van der Waals surface area (Å²) in [6, 6.07) is 0. The summed E-state index contributed by atoms with van der Waals surface area (Å²) in [6.07, 6.45) is 6.08. The van der Waals surface area contributed by atoms with Crippen molar-refractivity contribution in [2.24, 2.45) is 0 Å². The highest BCUT2D eigenvalue weighted by atomic mass is 32.2. The van der Waals surface area contributed by atoms with Crippen LogP contribution in [0.2, 0.25) is 0 Å². The van der Waals surface area contributed by atoms with Crippen molar-refractivity contribution in [3.05, 3.63) is 0 Å². The summed E-state index contributed by atoms with van der Waals surface area (Å²) in [5, 5.41) is 0. The first-order valence-electron chi connectivity index (χ1n) is 9.55. The lowest BCUT2D eigenvalue weighted by molar-refractivity contribution is -0.154. The van der Waals surface area contributed by atoms with Crippen LogP contribution in [0, 0.1) is 0 Å². The lowest BCUT2D eigenvalue weighted by Gasteiger charge is -2.26. The molecule has 154 valence electrons. The molecule has 7 nitrogen and oxygen atoms in total. The average molecular weight is 395 g/mol. The van der Waals surface area contributed by atoms with Crippen molar-refractivity contribution in [3.63, 3.8) is 0 Å². The summed E-state index contributed by atoms with van der Waals surface area (Å²) in [5.41, 5.74) is 0. The molecule has 0 aliphatic heterocycles. The Morgan fingerprint density at radius 2 is 1.35 bits per heavy atom. The van der Waals surface area contributed by atoms with Crippen LogP contribution in [0.25, 0.3) is 0 Å².